The van der Waals surface area contributed by atoms with Crippen LogP contribution in [-0.4, -0.2) is 26.2 Å². The van der Waals surface area contributed by atoms with Crippen LogP contribution in [-0.2, 0) is 6.54 Å². The summed E-state index contributed by atoms with van der Waals surface area (Å²) in [6.45, 7) is 2.31. The first kappa shape index (κ1) is 15.7. The molecule has 1 atom stereocenters. The van der Waals surface area contributed by atoms with Crippen molar-refractivity contribution in [2.24, 2.45) is 0 Å². The van der Waals surface area contributed by atoms with Gasteiger partial charge in [0.05, 0.1) is 6.04 Å². The highest BCUT2D eigenvalue weighted by atomic mass is 16.2. The third-order valence-corrected chi connectivity index (χ3v) is 3.48. The lowest BCUT2D eigenvalue weighted by molar-refractivity contribution is 0.237. The van der Waals surface area contributed by atoms with Crippen molar-refractivity contribution < 1.29 is 4.79 Å². The van der Waals surface area contributed by atoms with Crippen molar-refractivity contribution >= 4 is 6.03 Å². The van der Waals surface area contributed by atoms with Crippen molar-refractivity contribution in [3.63, 3.8) is 0 Å². The number of urea groups is 1. The second-order valence-corrected chi connectivity index (χ2v) is 5.32. The van der Waals surface area contributed by atoms with Crippen LogP contribution in [0.15, 0.2) is 54.9 Å². The average Bonchev–Trinajstić information content (AvgIpc) is 3.12. The third-order valence-electron chi connectivity index (χ3n) is 3.48. The highest BCUT2D eigenvalue weighted by Crippen LogP contribution is 2.15. The molecule has 2 heterocycles. The zero-order valence-corrected chi connectivity index (χ0v) is 13.2. The second kappa shape index (κ2) is 7.36. The van der Waals surface area contributed by atoms with Gasteiger partial charge in [-0.05, 0) is 24.6 Å². The number of hydrogen-bond donors (Lipinski definition) is 3. The first-order valence-corrected chi connectivity index (χ1v) is 7.63. The molecule has 1 aromatic carbocycles. The number of nitrogens with zero attached hydrogens (tertiary/aromatic N) is 3. The Morgan fingerprint density at radius 1 is 1.21 bits per heavy atom. The number of hydrogen-bond acceptors (Lipinski definition) is 4. The van der Waals surface area contributed by atoms with Crippen molar-refractivity contribution in [3.8, 4) is 11.4 Å². The molecule has 0 spiro atoms. The molecule has 7 nitrogen and oxygen atoms in total. The zero-order chi connectivity index (χ0) is 16.8. The molecule has 24 heavy (non-hydrogen) atoms. The largest absolute Gasteiger partial charge is 0.334 e. The van der Waals surface area contributed by atoms with Crippen LogP contribution in [0.2, 0.25) is 0 Å². The van der Waals surface area contributed by atoms with E-state index in [1.165, 1.54) is 0 Å². The Bertz CT molecular complexity index is 787. The predicted octanol–water partition coefficient (Wildman–Crippen LogP) is 2.43. The number of carbonyl (C=O) groups is 1. The Kier molecular flexibility index (Phi) is 4.81. The Hall–Kier alpha value is -3.22. The fourth-order valence-corrected chi connectivity index (χ4v) is 2.19. The summed E-state index contributed by atoms with van der Waals surface area (Å²) in [4.78, 5) is 20.4. The summed E-state index contributed by atoms with van der Waals surface area (Å²) in [6, 6.07) is 12.9. The maximum atomic E-state index is 12.0. The SMILES string of the molecule is CC(NC(=O)NCc1ccccc1)c1nc(-c2cccnc2)n[nH]1. The van der Waals surface area contributed by atoms with E-state index >= 15 is 0 Å². The maximum Gasteiger partial charge on any atom is 0.315 e. The fraction of sp³-hybridized carbons (Fsp3) is 0.176. The highest BCUT2D eigenvalue weighted by molar-refractivity contribution is 5.74. The first-order valence-electron chi connectivity index (χ1n) is 7.63. The van der Waals surface area contributed by atoms with E-state index in [9.17, 15) is 4.79 Å². The molecule has 0 aliphatic carbocycles. The molecular formula is C17H18N6O. The zero-order valence-electron chi connectivity index (χ0n) is 13.2. The summed E-state index contributed by atoms with van der Waals surface area (Å²) in [5.74, 6) is 1.14. The molecule has 0 bridgehead atoms. The van der Waals surface area contributed by atoms with Gasteiger partial charge in [-0.3, -0.25) is 10.1 Å². The topological polar surface area (TPSA) is 95.6 Å². The predicted molar refractivity (Wildman–Crippen MR) is 89.8 cm³/mol. The summed E-state index contributed by atoms with van der Waals surface area (Å²) in [5, 5.41) is 12.7. The lowest BCUT2D eigenvalue weighted by atomic mass is 10.2. The third kappa shape index (κ3) is 3.95. The number of pyridine rings is 1. The number of rotatable bonds is 5. The standard InChI is InChI=1S/C17H18N6O/c1-12(20-17(24)19-10-13-6-3-2-4-7-13)15-21-16(23-22-15)14-8-5-9-18-11-14/h2-9,11-12H,10H2,1H3,(H2,19,20,24)(H,21,22,23). The number of nitrogens with one attached hydrogen (secondary N) is 3. The van der Waals surface area contributed by atoms with Gasteiger partial charge in [0.1, 0.15) is 5.82 Å². The van der Waals surface area contributed by atoms with Crippen molar-refractivity contribution in [2.75, 3.05) is 0 Å². The van der Waals surface area contributed by atoms with Crippen LogP contribution in [0, 0.1) is 0 Å². The van der Waals surface area contributed by atoms with Crippen LogP contribution >= 0.6 is 0 Å². The van der Waals surface area contributed by atoms with Crippen molar-refractivity contribution in [1.29, 1.82) is 0 Å². The van der Waals surface area contributed by atoms with Crippen LogP contribution in [0.3, 0.4) is 0 Å². The molecule has 2 amide bonds. The number of benzene rings is 1. The molecule has 7 heteroatoms. The Morgan fingerprint density at radius 3 is 2.79 bits per heavy atom. The molecule has 1 unspecified atom stereocenters. The Morgan fingerprint density at radius 2 is 2.04 bits per heavy atom. The summed E-state index contributed by atoms with van der Waals surface area (Å²) < 4.78 is 0. The average molecular weight is 322 g/mol. The molecular weight excluding hydrogens is 304 g/mol. The number of amides is 2. The van der Waals surface area contributed by atoms with Gasteiger partial charge in [0.2, 0.25) is 0 Å². The van der Waals surface area contributed by atoms with Crippen molar-refractivity contribution in [2.45, 2.75) is 19.5 Å². The quantitative estimate of drug-likeness (QED) is 0.672. The summed E-state index contributed by atoms with van der Waals surface area (Å²) >= 11 is 0. The smallest absolute Gasteiger partial charge is 0.315 e. The van der Waals surface area contributed by atoms with Gasteiger partial charge in [-0.25, -0.2) is 9.78 Å². The van der Waals surface area contributed by atoms with Crippen LogP contribution in [0.1, 0.15) is 24.4 Å². The van der Waals surface area contributed by atoms with Gasteiger partial charge in [0.15, 0.2) is 5.82 Å². The monoisotopic (exact) mass is 322 g/mol. The van der Waals surface area contributed by atoms with E-state index in [1.54, 1.807) is 12.4 Å². The minimum Gasteiger partial charge on any atom is -0.334 e. The van der Waals surface area contributed by atoms with Gasteiger partial charge in [0.25, 0.3) is 0 Å². The molecule has 2 aromatic heterocycles. The van der Waals surface area contributed by atoms with Crippen molar-refractivity contribution in [3.05, 3.63) is 66.2 Å². The van der Waals surface area contributed by atoms with Crippen LogP contribution in [0.5, 0.6) is 0 Å². The van der Waals surface area contributed by atoms with Gasteiger partial charge >= 0.3 is 6.03 Å². The minimum absolute atomic E-state index is 0.259. The summed E-state index contributed by atoms with van der Waals surface area (Å²) in [6.07, 6.45) is 3.38. The fourth-order valence-electron chi connectivity index (χ4n) is 2.19. The van der Waals surface area contributed by atoms with E-state index in [0.29, 0.717) is 18.2 Å². The van der Waals surface area contributed by atoms with E-state index < -0.39 is 0 Å². The van der Waals surface area contributed by atoms with Crippen molar-refractivity contribution in [1.82, 2.24) is 30.8 Å². The molecule has 3 rings (SSSR count). The van der Waals surface area contributed by atoms with Crippen LogP contribution in [0.4, 0.5) is 4.79 Å². The molecule has 122 valence electrons. The Balaban J connectivity index is 1.56. The van der Waals surface area contributed by atoms with Gasteiger partial charge in [-0.15, -0.1) is 0 Å². The number of H-pyrrole nitrogens is 1. The molecule has 0 fully saturated rings. The normalized spacial score (nSPS) is 11.7. The Labute approximate surface area is 139 Å². The summed E-state index contributed by atoms with van der Waals surface area (Å²) in [7, 11) is 0. The lowest BCUT2D eigenvalue weighted by Gasteiger charge is -2.12. The molecule has 0 aliphatic heterocycles. The van der Waals surface area contributed by atoms with Crippen LogP contribution in [0.25, 0.3) is 11.4 Å². The highest BCUT2D eigenvalue weighted by Gasteiger charge is 2.14. The van der Waals surface area contributed by atoms with E-state index in [2.05, 4.69) is 30.8 Å². The van der Waals surface area contributed by atoms with E-state index in [-0.39, 0.29) is 12.1 Å². The molecule has 0 saturated heterocycles. The second-order valence-electron chi connectivity index (χ2n) is 5.32. The van der Waals surface area contributed by atoms with Gasteiger partial charge < -0.3 is 10.6 Å². The van der Waals surface area contributed by atoms with E-state index in [4.69, 9.17) is 0 Å². The molecule has 3 N–H and O–H groups in total. The van der Waals surface area contributed by atoms with Gasteiger partial charge in [-0.2, -0.15) is 5.10 Å². The molecule has 0 aliphatic rings. The van der Waals surface area contributed by atoms with E-state index in [0.717, 1.165) is 11.1 Å². The van der Waals surface area contributed by atoms with E-state index in [1.807, 2.05) is 49.4 Å². The maximum absolute atomic E-state index is 12.0. The molecule has 3 aromatic rings. The first-order chi connectivity index (χ1) is 11.7. The van der Waals surface area contributed by atoms with Gasteiger partial charge in [0, 0.05) is 24.5 Å². The van der Waals surface area contributed by atoms with Crippen LogP contribution < -0.4 is 10.6 Å². The minimum atomic E-state index is -0.293. The lowest BCUT2D eigenvalue weighted by Crippen LogP contribution is -2.37. The summed E-state index contributed by atoms with van der Waals surface area (Å²) in [5.41, 5.74) is 1.86. The number of aromatic nitrogens is 4. The number of aromatic amines is 1. The molecule has 0 radical (unpaired) electrons. The van der Waals surface area contributed by atoms with Gasteiger partial charge in [-0.1, -0.05) is 30.3 Å². The number of carbonyl (C=O) groups excluding carboxylic acids is 1. The molecule has 0 saturated carbocycles.